The number of nitrogens with zero attached hydrogens (tertiary/aromatic N) is 2. The molecule has 2 rings (SSSR count). The van der Waals surface area contributed by atoms with Crippen LogP contribution in [0.15, 0.2) is 0 Å². The van der Waals surface area contributed by atoms with Crippen LogP contribution in [0.3, 0.4) is 0 Å². The Morgan fingerprint density at radius 1 is 1.33 bits per heavy atom. The predicted molar refractivity (Wildman–Crippen MR) is 74.1 cm³/mol. The fourth-order valence-corrected chi connectivity index (χ4v) is 3.09. The Morgan fingerprint density at radius 3 is 3.00 bits per heavy atom. The zero-order chi connectivity index (χ0) is 12.6. The summed E-state index contributed by atoms with van der Waals surface area (Å²) >= 11 is 1.75. The first-order valence-corrected chi connectivity index (χ1v) is 7.83. The van der Waals surface area contributed by atoms with E-state index in [4.69, 9.17) is 4.74 Å². The largest absolute Gasteiger partial charge is 0.378 e. The summed E-state index contributed by atoms with van der Waals surface area (Å²) in [6.45, 7) is 5.30. The molecule has 5 heteroatoms. The van der Waals surface area contributed by atoms with Gasteiger partial charge in [0.05, 0.1) is 6.10 Å². The number of hydrogen-bond acceptors (Lipinski definition) is 5. The maximum Gasteiger partial charge on any atom is 0.120 e. The summed E-state index contributed by atoms with van der Waals surface area (Å²) < 4.78 is 5.62. The van der Waals surface area contributed by atoms with Crippen molar-refractivity contribution in [3.8, 4) is 0 Å². The van der Waals surface area contributed by atoms with Gasteiger partial charge in [-0.15, -0.1) is 21.5 Å². The van der Waals surface area contributed by atoms with Crippen LogP contribution in [0.1, 0.15) is 42.6 Å². The minimum absolute atomic E-state index is 0.386. The van der Waals surface area contributed by atoms with E-state index >= 15 is 0 Å². The SMILES string of the molecule is CCCNCCCc1nnc(CC2CCCO2)s1. The standard InChI is InChI=1S/C13H23N3OS/c1-2-7-14-8-3-6-12-15-16-13(18-12)10-11-5-4-9-17-11/h11,14H,2-10H2,1H3. The Bertz CT molecular complexity index is 337. The fraction of sp³-hybridized carbons (Fsp3) is 0.846. The molecule has 1 N–H and O–H groups in total. The second kappa shape index (κ2) is 7.81. The molecule has 0 saturated carbocycles. The molecule has 1 aliphatic heterocycles. The van der Waals surface area contributed by atoms with Crippen molar-refractivity contribution in [1.29, 1.82) is 0 Å². The van der Waals surface area contributed by atoms with Gasteiger partial charge in [-0.3, -0.25) is 0 Å². The van der Waals surface area contributed by atoms with Gasteiger partial charge in [-0.1, -0.05) is 6.92 Å². The van der Waals surface area contributed by atoms with Crippen LogP contribution in [0.2, 0.25) is 0 Å². The maximum atomic E-state index is 5.62. The highest BCUT2D eigenvalue weighted by Gasteiger charge is 2.18. The van der Waals surface area contributed by atoms with Crippen LogP contribution < -0.4 is 5.32 Å². The summed E-state index contributed by atoms with van der Waals surface area (Å²) in [7, 11) is 0. The minimum Gasteiger partial charge on any atom is -0.378 e. The lowest BCUT2D eigenvalue weighted by molar-refractivity contribution is 0.111. The maximum absolute atomic E-state index is 5.62. The van der Waals surface area contributed by atoms with Crippen LogP contribution in [0.5, 0.6) is 0 Å². The van der Waals surface area contributed by atoms with Crippen LogP contribution >= 0.6 is 11.3 Å². The van der Waals surface area contributed by atoms with Crippen LogP contribution in [0, 0.1) is 0 Å². The molecule has 0 amide bonds. The Kier molecular flexibility index (Phi) is 6.04. The Balaban J connectivity index is 1.65. The smallest absolute Gasteiger partial charge is 0.120 e. The first kappa shape index (κ1) is 13.9. The van der Waals surface area contributed by atoms with Crippen molar-refractivity contribution in [3.63, 3.8) is 0 Å². The van der Waals surface area contributed by atoms with Crippen LogP contribution in [0.25, 0.3) is 0 Å². The average molecular weight is 269 g/mol. The van der Waals surface area contributed by atoms with Gasteiger partial charge in [0, 0.05) is 19.4 Å². The Hall–Kier alpha value is -0.520. The Labute approximate surface area is 113 Å². The molecule has 0 aliphatic carbocycles. The molecule has 102 valence electrons. The zero-order valence-electron chi connectivity index (χ0n) is 11.2. The topological polar surface area (TPSA) is 47.0 Å². The molecular formula is C13H23N3OS. The third kappa shape index (κ3) is 4.63. The number of ether oxygens (including phenoxy) is 1. The van der Waals surface area contributed by atoms with Crippen molar-refractivity contribution < 1.29 is 4.74 Å². The van der Waals surface area contributed by atoms with Gasteiger partial charge in [-0.25, -0.2) is 0 Å². The van der Waals surface area contributed by atoms with E-state index in [2.05, 4.69) is 22.4 Å². The molecule has 18 heavy (non-hydrogen) atoms. The van der Waals surface area contributed by atoms with Gasteiger partial charge in [-0.2, -0.15) is 0 Å². The fourth-order valence-electron chi connectivity index (χ4n) is 2.14. The first-order valence-electron chi connectivity index (χ1n) is 7.02. The van der Waals surface area contributed by atoms with Gasteiger partial charge in [0.25, 0.3) is 0 Å². The average Bonchev–Trinajstić information content (AvgIpc) is 3.02. The van der Waals surface area contributed by atoms with E-state index in [1.54, 1.807) is 11.3 Å². The third-order valence-corrected chi connectivity index (χ3v) is 4.11. The van der Waals surface area contributed by atoms with Crippen molar-refractivity contribution in [2.24, 2.45) is 0 Å². The molecule has 4 nitrogen and oxygen atoms in total. The monoisotopic (exact) mass is 269 g/mol. The summed E-state index contributed by atoms with van der Waals surface area (Å²) in [5.74, 6) is 0. The normalized spacial score (nSPS) is 19.5. The lowest BCUT2D eigenvalue weighted by atomic mass is 10.2. The lowest BCUT2D eigenvalue weighted by Gasteiger charge is -2.04. The van der Waals surface area contributed by atoms with Crippen molar-refractivity contribution >= 4 is 11.3 Å². The van der Waals surface area contributed by atoms with Crippen LogP contribution in [-0.4, -0.2) is 36.0 Å². The summed E-state index contributed by atoms with van der Waals surface area (Å²) in [6.07, 6.45) is 7.09. The number of rotatable bonds is 8. The van der Waals surface area contributed by atoms with Gasteiger partial charge < -0.3 is 10.1 Å². The van der Waals surface area contributed by atoms with E-state index < -0.39 is 0 Å². The van der Waals surface area contributed by atoms with E-state index in [0.29, 0.717) is 6.10 Å². The van der Waals surface area contributed by atoms with Crippen molar-refractivity contribution in [2.45, 2.75) is 51.6 Å². The van der Waals surface area contributed by atoms with Crippen LogP contribution in [-0.2, 0) is 17.6 Å². The summed E-state index contributed by atoms with van der Waals surface area (Å²) in [5.41, 5.74) is 0. The van der Waals surface area contributed by atoms with Crippen molar-refractivity contribution in [1.82, 2.24) is 15.5 Å². The molecule has 0 bridgehead atoms. The predicted octanol–water partition coefficient (Wildman–Crippen LogP) is 2.19. The van der Waals surface area contributed by atoms with E-state index in [1.807, 2.05) is 0 Å². The van der Waals surface area contributed by atoms with Gasteiger partial charge in [0.15, 0.2) is 0 Å². The highest BCUT2D eigenvalue weighted by Crippen LogP contribution is 2.19. The molecule has 1 aromatic heterocycles. The highest BCUT2D eigenvalue weighted by molar-refractivity contribution is 7.11. The third-order valence-electron chi connectivity index (χ3n) is 3.11. The first-order chi connectivity index (χ1) is 8.88. The number of aromatic nitrogens is 2. The van der Waals surface area contributed by atoms with Gasteiger partial charge in [0.1, 0.15) is 10.0 Å². The second-order valence-corrected chi connectivity index (χ2v) is 5.93. The van der Waals surface area contributed by atoms with E-state index in [9.17, 15) is 0 Å². The number of hydrogen-bond donors (Lipinski definition) is 1. The summed E-state index contributed by atoms with van der Waals surface area (Å²) in [4.78, 5) is 0. The van der Waals surface area contributed by atoms with E-state index in [1.165, 1.54) is 24.3 Å². The molecule has 1 atom stereocenters. The second-order valence-electron chi connectivity index (χ2n) is 4.78. The van der Waals surface area contributed by atoms with E-state index in [0.717, 1.165) is 44.0 Å². The molecule has 1 aromatic rings. The minimum atomic E-state index is 0.386. The molecule has 0 aromatic carbocycles. The Morgan fingerprint density at radius 2 is 2.22 bits per heavy atom. The lowest BCUT2D eigenvalue weighted by Crippen LogP contribution is -2.16. The molecule has 1 unspecified atom stereocenters. The molecule has 1 fully saturated rings. The molecule has 0 spiro atoms. The summed E-state index contributed by atoms with van der Waals surface area (Å²) in [5, 5.41) is 14.2. The van der Waals surface area contributed by atoms with Crippen LogP contribution in [0.4, 0.5) is 0 Å². The number of aryl methyl sites for hydroxylation is 1. The van der Waals surface area contributed by atoms with Gasteiger partial charge >= 0.3 is 0 Å². The van der Waals surface area contributed by atoms with E-state index in [-0.39, 0.29) is 0 Å². The quantitative estimate of drug-likeness (QED) is 0.735. The van der Waals surface area contributed by atoms with Gasteiger partial charge in [0.2, 0.25) is 0 Å². The molecule has 0 radical (unpaired) electrons. The molecule has 2 heterocycles. The molecular weight excluding hydrogens is 246 g/mol. The molecule has 1 saturated heterocycles. The van der Waals surface area contributed by atoms with Gasteiger partial charge in [-0.05, 0) is 38.8 Å². The van der Waals surface area contributed by atoms with Crippen molar-refractivity contribution in [2.75, 3.05) is 19.7 Å². The summed E-state index contributed by atoms with van der Waals surface area (Å²) in [6, 6.07) is 0. The zero-order valence-corrected chi connectivity index (χ0v) is 12.0. The highest BCUT2D eigenvalue weighted by atomic mass is 32.1. The van der Waals surface area contributed by atoms with Crippen molar-refractivity contribution in [3.05, 3.63) is 10.0 Å². The number of nitrogens with one attached hydrogen (secondary N) is 1. The molecule has 1 aliphatic rings.